The molecule has 0 spiro atoms. The lowest BCUT2D eigenvalue weighted by atomic mass is 10.2. The Morgan fingerprint density at radius 1 is 1.57 bits per heavy atom. The SMILES string of the molecule is O=[N+]([O-])c1cc(C#CCBr)ccc1Cl. The third-order valence-corrected chi connectivity index (χ3v) is 2.04. The van der Waals surface area contributed by atoms with Crippen LogP contribution in [0.15, 0.2) is 18.2 Å². The summed E-state index contributed by atoms with van der Waals surface area (Å²) in [6, 6.07) is 4.47. The number of rotatable bonds is 1. The van der Waals surface area contributed by atoms with Gasteiger partial charge in [-0.2, -0.15) is 0 Å². The van der Waals surface area contributed by atoms with Crippen LogP contribution in [0.5, 0.6) is 0 Å². The molecule has 0 saturated heterocycles. The van der Waals surface area contributed by atoms with Gasteiger partial charge in [0.15, 0.2) is 0 Å². The molecule has 0 unspecified atom stereocenters. The summed E-state index contributed by atoms with van der Waals surface area (Å²) in [5, 5.41) is 11.2. The van der Waals surface area contributed by atoms with Crippen molar-refractivity contribution in [3.05, 3.63) is 38.9 Å². The Balaban J connectivity index is 3.13. The van der Waals surface area contributed by atoms with Crippen molar-refractivity contribution in [1.82, 2.24) is 0 Å². The highest BCUT2D eigenvalue weighted by atomic mass is 79.9. The van der Waals surface area contributed by atoms with E-state index < -0.39 is 4.92 Å². The maximum atomic E-state index is 10.5. The van der Waals surface area contributed by atoms with Crippen LogP contribution in [0.3, 0.4) is 0 Å². The first-order valence-corrected chi connectivity index (χ1v) is 5.14. The van der Waals surface area contributed by atoms with E-state index in [9.17, 15) is 10.1 Å². The maximum absolute atomic E-state index is 10.5. The van der Waals surface area contributed by atoms with E-state index in [0.29, 0.717) is 10.9 Å². The highest BCUT2D eigenvalue weighted by molar-refractivity contribution is 9.09. The van der Waals surface area contributed by atoms with E-state index in [0.717, 1.165) is 0 Å². The fourth-order valence-electron chi connectivity index (χ4n) is 0.866. The number of alkyl halides is 1. The minimum atomic E-state index is -0.526. The Morgan fingerprint density at radius 2 is 2.29 bits per heavy atom. The first-order valence-electron chi connectivity index (χ1n) is 3.64. The predicted molar refractivity (Wildman–Crippen MR) is 58.8 cm³/mol. The van der Waals surface area contributed by atoms with Gasteiger partial charge in [0.05, 0.1) is 10.3 Å². The Morgan fingerprint density at radius 3 is 2.86 bits per heavy atom. The van der Waals surface area contributed by atoms with Gasteiger partial charge in [-0.25, -0.2) is 0 Å². The third-order valence-electron chi connectivity index (χ3n) is 1.44. The minimum Gasteiger partial charge on any atom is -0.258 e. The van der Waals surface area contributed by atoms with Gasteiger partial charge in [-0.15, -0.1) is 0 Å². The van der Waals surface area contributed by atoms with Crippen LogP contribution in [-0.2, 0) is 0 Å². The van der Waals surface area contributed by atoms with E-state index in [1.807, 2.05) is 0 Å². The van der Waals surface area contributed by atoms with E-state index in [2.05, 4.69) is 27.8 Å². The van der Waals surface area contributed by atoms with Gasteiger partial charge in [-0.3, -0.25) is 10.1 Å². The second-order valence-electron chi connectivity index (χ2n) is 2.36. The second-order valence-corrected chi connectivity index (χ2v) is 3.33. The third kappa shape index (κ3) is 2.72. The van der Waals surface area contributed by atoms with E-state index in [4.69, 9.17) is 11.6 Å². The predicted octanol–water partition coefficient (Wildman–Crippen LogP) is 2.99. The van der Waals surface area contributed by atoms with Gasteiger partial charge in [-0.1, -0.05) is 39.4 Å². The molecule has 0 aromatic heterocycles. The molecule has 0 heterocycles. The molecule has 1 rings (SSSR count). The van der Waals surface area contributed by atoms with Crippen LogP contribution in [0, 0.1) is 22.0 Å². The molecule has 0 aliphatic carbocycles. The van der Waals surface area contributed by atoms with Crippen molar-refractivity contribution in [2.45, 2.75) is 0 Å². The van der Waals surface area contributed by atoms with Crippen LogP contribution < -0.4 is 0 Å². The van der Waals surface area contributed by atoms with Gasteiger partial charge in [-0.05, 0) is 12.1 Å². The molecule has 72 valence electrons. The highest BCUT2D eigenvalue weighted by Crippen LogP contribution is 2.24. The van der Waals surface area contributed by atoms with E-state index >= 15 is 0 Å². The van der Waals surface area contributed by atoms with Crippen LogP contribution >= 0.6 is 27.5 Å². The number of nitro benzene ring substituents is 1. The first kappa shape index (κ1) is 11.0. The summed E-state index contributed by atoms with van der Waals surface area (Å²) >= 11 is 8.76. The van der Waals surface area contributed by atoms with Crippen molar-refractivity contribution < 1.29 is 4.92 Å². The van der Waals surface area contributed by atoms with E-state index in [-0.39, 0.29) is 10.7 Å². The van der Waals surface area contributed by atoms with E-state index in [1.54, 1.807) is 6.07 Å². The van der Waals surface area contributed by atoms with Gasteiger partial charge >= 0.3 is 0 Å². The fraction of sp³-hybridized carbons (Fsp3) is 0.111. The lowest BCUT2D eigenvalue weighted by Gasteiger charge is -1.95. The molecular formula is C9H5BrClNO2. The molecule has 1 aromatic carbocycles. The summed E-state index contributed by atoms with van der Waals surface area (Å²) in [5.41, 5.74) is 0.466. The van der Waals surface area contributed by atoms with Gasteiger partial charge in [0.25, 0.3) is 5.69 Å². The number of hydrogen-bond acceptors (Lipinski definition) is 2. The van der Waals surface area contributed by atoms with Crippen molar-refractivity contribution >= 4 is 33.2 Å². The topological polar surface area (TPSA) is 43.1 Å². The molecule has 14 heavy (non-hydrogen) atoms. The molecule has 0 amide bonds. The molecule has 0 aliphatic heterocycles. The summed E-state index contributed by atoms with van der Waals surface area (Å²) in [4.78, 5) is 9.99. The number of benzene rings is 1. The Bertz CT molecular complexity index is 423. The molecule has 0 fully saturated rings. The van der Waals surface area contributed by atoms with E-state index in [1.165, 1.54) is 12.1 Å². The van der Waals surface area contributed by atoms with Crippen LogP contribution in [0.2, 0.25) is 5.02 Å². The standard InChI is InChI=1S/C9H5BrClNO2/c10-5-1-2-7-3-4-8(11)9(6-7)12(13)14/h3-4,6H,5H2. The quantitative estimate of drug-likeness (QED) is 0.342. The molecule has 0 saturated carbocycles. The highest BCUT2D eigenvalue weighted by Gasteiger charge is 2.11. The van der Waals surface area contributed by atoms with Crippen LogP contribution in [-0.4, -0.2) is 10.3 Å². The lowest BCUT2D eigenvalue weighted by Crippen LogP contribution is -1.89. The first-order chi connectivity index (χ1) is 6.65. The normalized spacial score (nSPS) is 9.00. The summed E-state index contributed by atoms with van der Waals surface area (Å²) < 4.78 is 0. The smallest absolute Gasteiger partial charge is 0.258 e. The van der Waals surface area contributed by atoms with Gasteiger partial charge in [0.2, 0.25) is 0 Å². The molecule has 0 N–H and O–H groups in total. The molecule has 0 aliphatic rings. The Hall–Kier alpha value is -1.05. The summed E-state index contributed by atoms with van der Waals surface area (Å²) in [6.07, 6.45) is 0. The fourth-order valence-corrected chi connectivity index (χ4v) is 1.19. The zero-order chi connectivity index (χ0) is 10.6. The van der Waals surface area contributed by atoms with Crippen molar-refractivity contribution in [3.63, 3.8) is 0 Å². The zero-order valence-electron chi connectivity index (χ0n) is 6.96. The van der Waals surface area contributed by atoms with Gasteiger partial charge in [0, 0.05) is 11.6 Å². The summed E-state index contributed by atoms with van der Waals surface area (Å²) in [7, 11) is 0. The number of halogens is 2. The number of nitrogens with zero attached hydrogens (tertiary/aromatic N) is 1. The maximum Gasteiger partial charge on any atom is 0.289 e. The molecule has 0 radical (unpaired) electrons. The molecule has 0 atom stereocenters. The lowest BCUT2D eigenvalue weighted by molar-refractivity contribution is -0.384. The van der Waals surface area contributed by atoms with Gasteiger partial charge < -0.3 is 0 Å². The second kappa shape index (κ2) is 4.99. The van der Waals surface area contributed by atoms with Crippen LogP contribution in [0.4, 0.5) is 5.69 Å². The molecule has 1 aromatic rings. The molecule has 3 nitrogen and oxygen atoms in total. The molecule has 5 heteroatoms. The summed E-state index contributed by atoms with van der Waals surface area (Å²) in [6.45, 7) is 0. The van der Waals surface area contributed by atoms with Crippen molar-refractivity contribution in [1.29, 1.82) is 0 Å². The average Bonchev–Trinajstić information content (AvgIpc) is 2.16. The van der Waals surface area contributed by atoms with Crippen molar-refractivity contribution in [2.24, 2.45) is 0 Å². The van der Waals surface area contributed by atoms with Crippen molar-refractivity contribution in [3.8, 4) is 11.8 Å². The largest absolute Gasteiger partial charge is 0.289 e. The Kier molecular flexibility index (Phi) is 3.93. The minimum absolute atomic E-state index is 0.118. The monoisotopic (exact) mass is 273 g/mol. The molecular weight excluding hydrogens is 269 g/mol. The Labute approximate surface area is 94.3 Å². The number of hydrogen-bond donors (Lipinski definition) is 0. The van der Waals surface area contributed by atoms with Crippen molar-refractivity contribution in [2.75, 3.05) is 5.33 Å². The zero-order valence-corrected chi connectivity index (χ0v) is 9.30. The summed E-state index contributed by atoms with van der Waals surface area (Å²) in [5.74, 6) is 5.51. The average molecular weight is 275 g/mol. The van der Waals surface area contributed by atoms with Crippen LogP contribution in [0.1, 0.15) is 5.56 Å². The van der Waals surface area contributed by atoms with Gasteiger partial charge in [0.1, 0.15) is 5.02 Å². The number of nitro groups is 1. The van der Waals surface area contributed by atoms with Crippen LogP contribution in [0.25, 0.3) is 0 Å². The molecule has 0 bridgehead atoms.